The Morgan fingerprint density at radius 1 is 1.44 bits per heavy atom. The maximum Gasteiger partial charge on any atom is 0.226 e. The van der Waals surface area contributed by atoms with Gasteiger partial charge >= 0.3 is 0 Å². The molecule has 1 N–H and O–H groups in total. The molecule has 100 valence electrons. The molecule has 1 saturated heterocycles. The van der Waals surface area contributed by atoms with E-state index in [2.05, 4.69) is 27.7 Å². The molecule has 0 aromatic carbocycles. The number of rotatable bonds is 4. The number of carbonyl (C=O) groups excluding carboxylic acids is 1. The molecule has 1 aliphatic rings. The average Bonchev–Trinajstić information content (AvgIpc) is 2.92. The second-order valence-corrected chi connectivity index (χ2v) is 5.65. The normalized spacial score (nSPS) is 17.9. The van der Waals surface area contributed by atoms with Crippen LogP contribution in [0.2, 0.25) is 0 Å². The molecule has 1 aliphatic heterocycles. The minimum atomic E-state index is 0.0725. The van der Waals surface area contributed by atoms with Gasteiger partial charge in [-0.1, -0.05) is 6.92 Å². The van der Waals surface area contributed by atoms with Crippen LogP contribution in [0.1, 0.15) is 6.92 Å². The molecule has 1 aromatic heterocycles. The topological polar surface area (TPSA) is 35.6 Å². The Hall–Kier alpha value is -1.07. The second kappa shape index (κ2) is 6.20. The van der Waals surface area contributed by atoms with E-state index in [-0.39, 0.29) is 11.8 Å². The summed E-state index contributed by atoms with van der Waals surface area (Å²) in [5.74, 6) is 0.346. The van der Waals surface area contributed by atoms with Crippen LogP contribution in [-0.4, -0.2) is 50.6 Å². The van der Waals surface area contributed by atoms with Crippen molar-refractivity contribution in [1.29, 1.82) is 0 Å². The third kappa shape index (κ3) is 3.03. The summed E-state index contributed by atoms with van der Waals surface area (Å²) in [5.41, 5.74) is 0. The Morgan fingerprint density at radius 2 is 2.17 bits per heavy atom. The molecular weight excluding hydrogens is 246 g/mol. The molecule has 1 atom stereocenters. The molecule has 5 heteroatoms. The van der Waals surface area contributed by atoms with Crippen molar-refractivity contribution in [3.8, 4) is 0 Å². The van der Waals surface area contributed by atoms with E-state index in [0.29, 0.717) is 0 Å². The predicted molar refractivity (Wildman–Crippen MR) is 76.2 cm³/mol. The molecule has 1 aromatic rings. The van der Waals surface area contributed by atoms with Crippen LogP contribution < -0.4 is 10.2 Å². The Labute approximate surface area is 113 Å². The summed E-state index contributed by atoms with van der Waals surface area (Å²) in [6.45, 7) is 6.31. The zero-order chi connectivity index (χ0) is 13.0. The summed E-state index contributed by atoms with van der Waals surface area (Å²) in [6.07, 6.45) is 0. The zero-order valence-corrected chi connectivity index (χ0v) is 11.9. The summed E-state index contributed by atoms with van der Waals surface area (Å²) in [6, 6.07) is 4.22. The van der Waals surface area contributed by atoms with Crippen LogP contribution in [0.15, 0.2) is 17.5 Å². The van der Waals surface area contributed by atoms with Crippen molar-refractivity contribution >= 4 is 22.2 Å². The van der Waals surface area contributed by atoms with Gasteiger partial charge in [-0.05, 0) is 24.6 Å². The fourth-order valence-corrected chi connectivity index (χ4v) is 3.09. The Bertz CT molecular complexity index is 372. The minimum Gasteiger partial charge on any atom is -0.360 e. The molecule has 0 saturated carbocycles. The van der Waals surface area contributed by atoms with Gasteiger partial charge in [-0.25, -0.2) is 0 Å². The number of carbonyl (C=O) groups is 1. The summed E-state index contributed by atoms with van der Waals surface area (Å²) in [4.78, 5) is 16.5. The molecule has 4 nitrogen and oxygen atoms in total. The predicted octanol–water partition coefficient (Wildman–Crippen LogP) is 1.25. The quantitative estimate of drug-likeness (QED) is 0.892. The van der Waals surface area contributed by atoms with Crippen LogP contribution in [0, 0.1) is 5.92 Å². The van der Waals surface area contributed by atoms with Crippen LogP contribution in [0.5, 0.6) is 0 Å². The van der Waals surface area contributed by atoms with E-state index in [4.69, 9.17) is 0 Å². The van der Waals surface area contributed by atoms with Crippen molar-refractivity contribution in [2.75, 3.05) is 44.7 Å². The van der Waals surface area contributed by atoms with Gasteiger partial charge in [0.05, 0.1) is 5.00 Å². The van der Waals surface area contributed by atoms with E-state index in [9.17, 15) is 4.79 Å². The lowest BCUT2D eigenvalue weighted by molar-refractivity contribution is -0.135. The molecular formula is C13H21N3OS. The first kappa shape index (κ1) is 13.4. The van der Waals surface area contributed by atoms with Crippen LogP contribution in [0.4, 0.5) is 5.00 Å². The first-order valence-electron chi connectivity index (χ1n) is 6.44. The van der Waals surface area contributed by atoms with Gasteiger partial charge in [0, 0.05) is 38.6 Å². The lowest BCUT2D eigenvalue weighted by Crippen LogP contribution is -2.50. The lowest BCUT2D eigenvalue weighted by atomic mass is 10.1. The van der Waals surface area contributed by atoms with Crippen molar-refractivity contribution < 1.29 is 4.79 Å². The first-order chi connectivity index (χ1) is 8.72. The molecule has 1 amide bonds. The molecule has 1 unspecified atom stereocenters. The van der Waals surface area contributed by atoms with Gasteiger partial charge in [-0.15, -0.1) is 11.3 Å². The van der Waals surface area contributed by atoms with E-state index in [0.717, 1.165) is 32.7 Å². The molecule has 18 heavy (non-hydrogen) atoms. The van der Waals surface area contributed by atoms with Gasteiger partial charge < -0.3 is 15.1 Å². The van der Waals surface area contributed by atoms with E-state index in [1.54, 1.807) is 11.3 Å². The van der Waals surface area contributed by atoms with Crippen LogP contribution in [0.3, 0.4) is 0 Å². The number of nitrogens with zero attached hydrogens (tertiary/aromatic N) is 2. The standard InChI is InChI=1S/C13H21N3OS/c1-11(10-14-2)13(17)16-7-5-15(6-8-16)12-4-3-9-18-12/h3-4,9,11,14H,5-8,10H2,1-2H3. The SMILES string of the molecule is CNCC(C)C(=O)N1CCN(c2cccs2)CC1. The lowest BCUT2D eigenvalue weighted by Gasteiger charge is -2.36. The third-order valence-corrected chi connectivity index (χ3v) is 4.27. The molecule has 1 fully saturated rings. The highest BCUT2D eigenvalue weighted by Crippen LogP contribution is 2.22. The maximum absolute atomic E-state index is 12.2. The van der Waals surface area contributed by atoms with Crippen LogP contribution in [0.25, 0.3) is 0 Å². The van der Waals surface area contributed by atoms with Gasteiger partial charge in [0.15, 0.2) is 0 Å². The van der Waals surface area contributed by atoms with Crippen molar-refractivity contribution in [3.63, 3.8) is 0 Å². The van der Waals surface area contributed by atoms with Gasteiger partial charge in [-0.2, -0.15) is 0 Å². The molecule has 0 bridgehead atoms. The first-order valence-corrected chi connectivity index (χ1v) is 7.32. The smallest absolute Gasteiger partial charge is 0.226 e. The van der Waals surface area contributed by atoms with Crippen LogP contribution >= 0.6 is 11.3 Å². The number of piperazine rings is 1. The summed E-state index contributed by atoms with van der Waals surface area (Å²) < 4.78 is 0. The number of hydrogen-bond acceptors (Lipinski definition) is 4. The number of anilines is 1. The Balaban J connectivity index is 1.85. The average molecular weight is 267 g/mol. The fourth-order valence-electron chi connectivity index (χ4n) is 2.30. The van der Waals surface area contributed by atoms with Crippen LogP contribution in [-0.2, 0) is 4.79 Å². The van der Waals surface area contributed by atoms with E-state index >= 15 is 0 Å². The molecule has 0 aliphatic carbocycles. The number of nitrogens with one attached hydrogen (secondary N) is 1. The van der Waals surface area contributed by atoms with Crippen molar-refractivity contribution in [3.05, 3.63) is 17.5 Å². The fraction of sp³-hybridized carbons (Fsp3) is 0.615. The minimum absolute atomic E-state index is 0.0725. The second-order valence-electron chi connectivity index (χ2n) is 4.72. The Kier molecular flexibility index (Phi) is 4.60. The number of thiophene rings is 1. The van der Waals surface area contributed by atoms with E-state index in [1.807, 2.05) is 18.9 Å². The zero-order valence-electron chi connectivity index (χ0n) is 11.1. The highest BCUT2D eigenvalue weighted by Gasteiger charge is 2.24. The molecule has 0 radical (unpaired) electrons. The number of hydrogen-bond donors (Lipinski definition) is 1. The summed E-state index contributed by atoms with van der Waals surface area (Å²) >= 11 is 1.77. The molecule has 2 heterocycles. The van der Waals surface area contributed by atoms with Gasteiger partial charge in [0.25, 0.3) is 0 Å². The van der Waals surface area contributed by atoms with E-state index < -0.39 is 0 Å². The van der Waals surface area contributed by atoms with Crippen molar-refractivity contribution in [2.24, 2.45) is 5.92 Å². The third-order valence-electron chi connectivity index (χ3n) is 3.34. The maximum atomic E-state index is 12.2. The van der Waals surface area contributed by atoms with Crippen molar-refractivity contribution in [2.45, 2.75) is 6.92 Å². The van der Waals surface area contributed by atoms with Gasteiger partial charge in [0.2, 0.25) is 5.91 Å². The molecule has 2 rings (SSSR count). The van der Waals surface area contributed by atoms with Gasteiger partial charge in [0.1, 0.15) is 0 Å². The van der Waals surface area contributed by atoms with Crippen molar-refractivity contribution in [1.82, 2.24) is 10.2 Å². The summed E-state index contributed by atoms with van der Waals surface area (Å²) in [5, 5.41) is 6.47. The van der Waals surface area contributed by atoms with E-state index in [1.165, 1.54) is 5.00 Å². The summed E-state index contributed by atoms with van der Waals surface area (Å²) in [7, 11) is 1.89. The number of amides is 1. The van der Waals surface area contributed by atoms with Gasteiger partial charge in [-0.3, -0.25) is 4.79 Å². The largest absolute Gasteiger partial charge is 0.360 e. The highest BCUT2D eigenvalue weighted by atomic mass is 32.1. The highest BCUT2D eigenvalue weighted by molar-refractivity contribution is 7.14. The molecule has 0 spiro atoms. The Morgan fingerprint density at radius 3 is 2.72 bits per heavy atom. The monoisotopic (exact) mass is 267 g/mol.